The van der Waals surface area contributed by atoms with E-state index in [-0.39, 0.29) is 10.1 Å². The highest BCUT2D eigenvalue weighted by Gasteiger charge is 2.16. The van der Waals surface area contributed by atoms with Crippen molar-refractivity contribution in [2.45, 2.75) is 36.6 Å². The summed E-state index contributed by atoms with van der Waals surface area (Å²) in [4.78, 5) is 14.8. The summed E-state index contributed by atoms with van der Waals surface area (Å²) in [5.74, 6) is -0.302. The van der Waals surface area contributed by atoms with Crippen LogP contribution in [0.2, 0.25) is 0 Å². The third-order valence-electron chi connectivity index (χ3n) is 4.52. The van der Waals surface area contributed by atoms with Gasteiger partial charge in [0, 0.05) is 18.5 Å². The molecule has 1 amide bonds. The first-order chi connectivity index (χ1) is 12.4. The maximum atomic E-state index is 12.3. The molecule has 0 saturated carbocycles. The van der Waals surface area contributed by atoms with Gasteiger partial charge in [-0.1, -0.05) is 30.7 Å². The lowest BCUT2D eigenvalue weighted by molar-refractivity contribution is 0.0951. The lowest BCUT2D eigenvalue weighted by Crippen LogP contribution is -2.30. The number of thiophene rings is 1. The van der Waals surface area contributed by atoms with Crippen LogP contribution in [0, 0.1) is 0 Å². The zero-order valence-corrected chi connectivity index (χ0v) is 16.1. The lowest BCUT2D eigenvalue weighted by Gasteiger charge is -2.27. The molecule has 0 bridgehead atoms. The summed E-state index contributed by atoms with van der Waals surface area (Å²) in [7, 11) is -3.77. The van der Waals surface area contributed by atoms with Gasteiger partial charge in [0.15, 0.2) is 0 Å². The maximum Gasteiger partial charge on any atom is 0.252 e. The van der Waals surface area contributed by atoms with Gasteiger partial charge in [0.2, 0.25) is 10.0 Å². The molecule has 1 aromatic carbocycles. The van der Waals surface area contributed by atoms with Gasteiger partial charge in [-0.2, -0.15) is 0 Å². The smallest absolute Gasteiger partial charge is 0.252 e. The minimum atomic E-state index is -3.77. The summed E-state index contributed by atoms with van der Waals surface area (Å²) in [6, 6.07) is 9.41. The number of piperidine rings is 1. The first kappa shape index (κ1) is 19.0. The van der Waals surface area contributed by atoms with E-state index in [1.807, 2.05) is 18.2 Å². The third kappa shape index (κ3) is 4.91. The van der Waals surface area contributed by atoms with Gasteiger partial charge in [0.1, 0.15) is 4.21 Å². The monoisotopic (exact) mass is 393 g/mol. The number of hydrogen-bond donors (Lipinski definition) is 2. The number of benzene rings is 1. The number of rotatable bonds is 6. The summed E-state index contributed by atoms with van der Waals surface area (Å²) in [6.45, 7) is 3.53. The van der Waals surface area contributed by atoms with Crippen LogP contribution in [-0.4, -0.2) is 32.3 Å². The Morgan fingerprint density at radius 1 is 1.15 bits per heavy atom. The molecule has 0 aliphatic carbocycles. The molecule has 1 aromatic heterocycles. The van der Waals surface area contributed by atoms with Gasteiger partial charge in [-0.3, -0.25) is 9.69 Å². The first-order valence-corrected chi connectivity index (χ1v) is 11.0. The van der Waals surface area contributed by atoms with E-state index in [0.29, 0.717) is 12.1 Å². The number of likely N-dealkylation sites (tertiary alicyclic amines) is 1. The Hall–Kier alpha value is -1.74. The average molecular weight is 394 g/mol. The number of nitrogens with one attached hydrogen (secondary N) is 1. The van der Waals surface area contributed by atoms with E-state index in [2.05, 4.69) is 16.3 Å². The van der Waals surface area contributed by atoms with Crippen LogP contribution in [0.1, 0.15) is 40.7 Å². The molecular formula is C18H23N3O3S2. The average Bonchev–Trinajstić information content (AvgIpc) is 3.12. The van der Waals surface area contributed by atoms with Crippen molar-refractivity contribution in [3.05, 3.63) is 52.4 Å². The van der Waals surface area contributed by atoms with Crippen LogP contribution >= 0.6 is 11.3 Å². The molecular weight excluding hydrogens is 370 g/mol. The quantitative estimate of drug-likeness (QED) is 0.788. The molecule has 2 aromatic rings. The molecule has 0 spiro atoms. The number of nitrogens with two attached hydrogens (primary N) is 1. The van der Waals surface area contributed by atoms with Crippen molar-refractivity contribution >= 4 is 27.3 Å². The number of sulfonamides is 1. The van der Waals surface area contributed by atoms with E-state index in [4.69, 9.17) is 5.14 Å². The molecule has 0 unspecified atom stereocenters. The Balaban J connectivity index is 1.64. The van der Waals surface area contributed by atoms with Crippen molar-refractivity contribution in [2.75, 3.05) is 13.1 Å². The fourth-order valence-electron chi connectivity index (χ4n) is 3.11. The number of hydrogen-bond acceptors (Lipinski definition) is 5. The van der Waals surface area contributed by atoms with Gasteiger partial charge in [0.05, 0.1) is 5.56 Å². The zero-order chi connectivity index (χ0) is 18.6. The van der Waals surface area contributed by atoms with Crippen molar-refractivity contribution in [1.82, 2.24) is 10.2 Å². The van der Waals surface area contributed by atoms with E-state index in [0.717, 1.165) is 36.5 Å². The molecule has 1 aliphatic rings. The largest absolute Gasteiger partial charge is 0.348 e. The van der Waals surface area contributed by atoms with Gasteiger partial charge in [-0.25, -0.2) is 13.6 Å². The predicted octanol–water partition coefficient (Wildman–Crippen LogP) is 2.31. The predicted molar refractivity (Wildman–Crippen MR) is 102 cm³/mol. The van der Waals surface area contributed by atoms with Crippen molar-refractivity contribution < 1.29 is 13.2 Å². The molecule has 140 valence electrons. The van der Waals surface area contributed by atoms with E-state index < -0.39 is 10.0 Å². The second-order valence-electron chi connectivity index (χ2n) is 6.49. The number of carbonyl (C=O) groups is 1. The van der Waals surface area contributed by atoms with Crippen molar-refractivity contribution in [3.8, 4) is 0 Å². The summed E-state index contributed by atoms with van der Waals surface area (Å²) in [5, 5.41) is 9.47. The molecule has 2 heterocycles. The second kappa shape index (κ2) is 8.30. The van der Waals surface area contributed by atoms with Crippen LogP contribution in [0.4, 0.5) is 0 Å². The topological polar surface area (TPSA) is 92.5 Å². The third-order valence-corrected chi connectivity index (χ3v) is 6.90. The lowest BCUT2D eigenvalue weighted by atomic mass is 10.0. The minimum Gasteiger partial charge on any atom is -0.348 e. The summed E-state index contributed by atoms with van der Waals surface area (Å²) >= 11 is 0.952. The van der Waals surface area contributed by atoms with Crippen molar-refractivity contribution in [2.24, 2.45) is 5.14 Å². The molecule has 0 atom stereocenters. The van der Waals surface area contributed by atoms with Gasteiger partial charge < -0.3 is 5.32 Å². The van der Waals surface area contributed by atoms with Crippen LogP contribution in [0.15, 0.2) is 39.9 Å². The molecule has 1 fully saturated rings. The van der Waals surface area contributed by atoms with Gasteiger partial charge in [-0.05, 0) is 43.1 Å². The number of carbonyl (C=O) groups excluding carboxylic acids is 1. The highest BCUT2D eigenvalue weighted by atomic mass is 32.2. The molecule has 26 heavy (non-hydrogen) atoms. The van der Waals surface area contributed by atoms with E-state index in [1.54, 1.807) is 0 Å². The minimum absolute atomic E-state index is 0.00634. The summed E-state index contributed by atoms with van der Waals surface area (Å²) < 4.78 is 22.7. The van der Waals surface area contributed by atoms with Gasteiger partial charge >= 0.3 is 0 Å². The second-order valence-corrected chi connectivity index (χ2v) is 9.19. The standard InChI is InChI=1S/C18H23N3O3S2/c19-26(23,24)17-10-16(13-25-17)18(22)20-11-14-6-2-3-7-15(14)12-21-8-4-1-5-9-21/h2-3,6-7,10,13H,1,4-5,8-9,11-12H2,(H,20,22)(H2,19,23,24). The molecule has 1 saturated heterocycles. The number of nitrogens with zero attached hydrogens (tertiary/aromatic N) is 1. The molecule has 3 N–H and O–H groups in total. The molecule has 6 nitrogen and oxygen atoms in total. The maximum absolute atomic E-state index is 12.3. The summed E-state index contributed by atoms with van der Waals surface area (Å²) in [5.41, 5.74) is 2.60. The Bertz CT molecular complexity index is 871. The Labute approximate surface area is 158 Å². The van der Waals surface area contributed by atoms with Crippen molar-refractivity contribution in [1.29, 1.82) is 0 Å². The van der Waals surface area contributed by atoms with E-state index in [1.165, 1.54) is 36.3 Å². The highest BCUT2D eigenvalue weighted by molar-refractivity contribution is 7.91. The van der Waals surface area contributed by atoms with E-state index in [9.17, 15) is 13.2 Å². The molecule has 0 radical (unpaired) electrons. The highest BCUT2D eigenvalue weighted by Crippen LogP contribution is 2.19. The zero-order valence-electron chi connectivity index (χ0n) is 14.5. The molecule has 3 rings (SSSR count). The van der Waals surface area contributed by atoms with Crippen LogP contribution in [0.5, 0.6) is 0 Å². The van der Waals surface area contributed by atoms with Crippen LogP contribution in [-0.2, 0) is 23.1 Å². The normalized spacial score (nSPS) is 15.7. The van der Waals surface area contributed by atoms with Crippen LogP contribution in [0.3, 0.4) is 0 Å². The van der Waals surface area contributed by atoms with Crippen LogP contribution < -0.4 is 10.5 Å². The Morgan fingerprint density at radius 2 is 1.85 bits per heavy atom. The Morgan fingerprint density at radius 3 is 2.50 bits per heavy atom. The molecule has 1 aliphatic heterocycles. The summed E-state index contributed by atoms with van der Waals surface area (Å²) in [6.07, 6.45) is 3.78. The van der Waals surface area contributed by atoms with Gasteiger partial charge in [0.25, 0.3) is 5.91 Å². The number of primary sulfonamides is 1. The fraction of sp³-hybridized carbons (Fsp3) is 0.389. The SMILES string of the molecule is NS(=O)(=O)c1cc(C(=O)NCc2ccccc2CN2CCCCC2)cs1. The molecule has 8 heteroatoms. The van der Waals surface area contributed by atoms with Crippen LogP contribution in [0.25, 0.3) is 0 Å². The van der Waals surface area contributed by atoms with Crippen molar-refractivity contribution in [3.63, 3.8) is 0 Å². The fourth-order valence-corrected chi connectivity index (χ4v) is 4.69. The number of amides is 1. The van der Waals surface area contributed by atoms with Gasteiger partial charge in [-0.15, -0.1) is 11.3 Å². The van der Waals surface area contributed by atoms with E-state index >= 15 is 0 Å². The first-order valence-electron chi connectivity index (χ1n) is 8.62. The Kier molecular flexibility index (Phi) is 6.08.